The molecular formula is C17H23NO4. The molecule has 0 aromatic heterocycles. The average molecular weight is 305 g/mol. The zero-order valence-corrected chi connectivity index (χ0v) is 13.0. The normalized spacial score (nSPS) is 20.5. The molecule has 0 saturated carbocycles. The Balaban J connectivity index is 1.57. The molecule has 2 aliphatic rings. The van der Waals surface area contributed by atoms with Gasteiger partial charge in [0.25, 0.3) is 5.91 Å². The minimum Gasteiger partial charge on any atom is -0.486 e. The summed E-state index contributed by atoms with van der Waals surface area (Å²) in [7, 11) is 1.84. The van der Waals surface area contributed by atoms with Gasteiger partial charge in [-0.25, -0.2) is 0 Å². The number of fused-ring (bicyclic) bond motifs is 1. The van der Waals surface area contributed by atoms with E-state index >= 15 is 0 Å². The van der Waals surface area contributed by atoms with Crippen LogP contribution in [0.4, 0.5) is 0 Å². The largest absolute Gasteiger partial charge is 0.486 e. The highest BCUT2D eigenvalue weighted by atomic mass is 16.6. The molecular weight excluding hydrogens is 282 g/mol. The number of benzene rings is 1. The quantitative estimate of drug-likeness (QED) is 0.857. The number of rotatable bonds is 4. The van der Waals surface area contributed by atoms with Gasteiger partial charge in [0.15, 0.2) is 11.5 Å². The van der Waals surface area contributed by atoms with Gasteiger partial charge in [0.2, 0.25) is 0 Å². The number of amides is 1. The summed E-state index contributed by atoms with van der Waals surface area (Å²) in [5.74, 6) is 1.37. The van der Waals surface area contributed by atoms with Crippen LogP contribution in [0.25, 0.3) is 0 Å². The third kappa shape index (κ3) is 3.53. The number of hydrogen-bond donors (Lipinski definition) is 0. The molecule has 0 radical (unpaired) electrons. The van der Waals surface area contributed by atoms with Crippen LogP contribution < -0.4 is 9.47 Å². The Labute approximate surface area is 131 Å². The molecule has 0 aliphatic carbocycles. The molecule has 2 aliphatic heterocycles. The van der Waals surface area contributed by atoms with Gasteiger partial charge < -0.3 is 19.1 Å². The van der Waals surface area contributed by atoms with Crippen LogP contribution in [0.5, 0.6) is 11.5 Å². The lowest BCUT2D eigenvalue weighted by Crippen LogP contribution is -2.31. The fourth-order valence-corrected chi connectivity index (χ4v) is 2.87. The van der Waals surface area contributed by atoms with E-state index in [-0.39, 0.29) is 5.91 Å². The van der Waals surface area contributed by atoms with Gasteiger partial charge in [0.1, 0.15) is 13.2 Å². The van der Waals surface area contributed by atoms with E-state index in [4.69, 9.17) is 14.2 Å². The Hall–Kier alpha value is -1.75. The molecule has 1 saturated heterocycles. The van der Waals surface area contributed by atoms with E-state index in [9.17, 15) is 4.79 Å². The van der Waals surface area contributed by atoms with E-state index in [0.29, 0.717) is 42.9 Å². The minimum absolute atomic E-state index is 0.00721. The van der Waals surface area contributed by atoms with Crippen LogP contribution in [-0.4, -0.2) is 50.3 Å². The minimum atomic E-state index is 0.00721. The number of carbonyl (C=O) groups is 1. The molecule has 2 heterocycles. The molecule has 3 rings (SSSR count). The second-order valence-electron chi connectivity index (χ2n) is 5.86. The van der Waals surface area contributed by atoms with Gasteiger partial charge in [-0.1, -0.05) is 0 Å². The highest BCUT2D eigenvalue weighted by Gasteiger charge is 2.19. The smallest absolute Gasteiger partial charge is 0.253 e. The number of hydrogen-bond acceptors (Lipinski definition) is 4. The predicted molar refractivity (Wildman–Crippen MR) is 82.6 cm³/mol. The molecule has 120 valence electrons. The first kappa shape index (κ1) is 15.2. The summed E-state index contributed by atoms with van der Waals surface area (Å²) in [6.45, 7) is 2.64. The maximum Gasteiger partial charge on any atom is 0.253 e. The van der Waals surface area contributed by atoms with Crippen molar-refractivity contribution in [1.29, 1.82) is 0 Å². The summed E-state index contributed by atoms with van der Waals surface area (Å²) < 4.78 is 16.7. The Kier molecular flexibility index (Phi) is 4.83. The fraction of sp³-hybridized carbons (Fsp3) is 0.588. The van der Waals surface area contributed by atoms with Crippen LogP contribution >= 0.6 is 0 Å². The first-order valence-electron chi connectivity index (χ1n) is 8.01. The van der Waals surface area contributed by atoms with Gasteiger partial charge in [-0.05, 0) is 43.9 Å². The molecule has 0 N–H and O–H groups in total. The van der Waals surface area contributed by atoms with E-state index in [1.807, 2.05) is 7.05 Å². The molecule has 1 aromatic carbocycles. The molecule has 0 spiro atoms. The second kappa shape index (κ2) is 7.01. The number of carbonyl (C=O) groups excluding carboxylic acids is 1. The van der Waals surface area contributed by atoms with E-state index in [2.05, 4.69) is 0 Å². The lowest BCUT2D eigenvalue weighted by molar-refractivity contribution is 0.00708. The standard InChI is InChI=1S/C17H23NO4/c1-18(8-7-14-4-2-3-9-20-14)17(19)13-5-6-15-16(12-13)22-11-10-21-15/h5-6,12,14H,2-4,7-11H2,1H3/t14-/m0/s1. The summed E-state index contributed by atoms with van der Waals surface area (Å²) in [4.78, 5) is 14.2. The molecule has 0 bridgehead atoms. The zero-order chi connectivity index (χ0) is 15.4. The number of ether oxygens (including phenoxy) is 3. The maximum absolute atomic E-state index is 12.5. The van der Waals surface area contributed by atoms with Crippen molar-refractivity contribution in [2.75, 3.05) is 33.4 Å². The lowest BCUT2D eigenvalue weighted by atomic mass is 10.1. The predicted octanol–water partition coefficient (Wildman–Crippen LogP) is 2.49. The van der Waals surface area contributed by atoms with Gasteiger partial charge in [0.05, 0.1) is 6.10 Å². The van der Waals surface area contributed by atoms with E-state index in [0.717, 1.165) is 25.9 Å². The molecule has 0 unspecified atom stereocenters. The highest BCUT2D eigenvalue weighted by molar-refractivity contribution is 5.94. The van der Waals surface area contributed by atoms with Crippen LogP contribution in [-0.2, 0) is 4.74 Å². The molecule has 5 nitrogen and oxygen atoms in total. The van der Waals surface area contributed by atoms with Gasteiger partial charge >= 0.3 is 0 Å². The molecule has 1 aromatic rings. The summed E-state index contributed by atoms with van der Waals surface area (Å²) >= 11 is 0. The first-order chi connectivity index (χ1) is 10.7. The Morgan fingerprint density at radius 3 is 2.77 bits per heavy atom. The summed E-state index contributed by atoms with van der Waals surface area (Å²) in [5, 5.41) is 0. The third-order valence-electron chi connectivity index (χ3n) is 4.20. The Morgan fingerprint density at radius 2 is 2.00 bits per heavy atom. The zero-order valence-electron chi connectivity index (χ0n) is 13.0. The van der Waals surface area contributed by atoms with Gasteiger partial charge in [-0.3, -0.25) is 4.79 Å². The van der Waals surface area contributed by atoms with Crippen molar-refractivity contribution in [3.8, 4) is 11.5 Å². The van der Waals surface area contributed by atoms with Crippen LogP contribution in [0.15, 0.2) is 18.2 Å². The summed E-state index contributed by atoms with van der Waals surface area (Å²) in [6, 6.07) is 5.37. The maximum atomic E-state index is 12.5. The average Bonchev–Trinajstić information content (AvgIpc) is 2.59. The van der Waals surface area contributed by atoms with Gasteiger partial charge in [-0.2, -0.15) is 0 Å². The third-order valence-corrected chi connectivity index (χ3v) is 4.20. The molecule has 5 heteroatoms. The van der Waals surface area contributed by atoms with Crippen LogP contribution in [0.3, 0.4) is 0 Å². The fourth-order valence-electron chi connectivity index (χ4n) is 2.87. The molecule has 22 heavy (non-hydrogen) atoms. The molecule has 1 atom stereocenters. The monoisotopic (exact) mass is 305 g/mol. The summed E-state index contributed by atoms with van der Waals surface area (Å²) in [5.41, 5.74) is 0.635. The number of nitrogens with zero attached hydrogens (tertiary/aromatic N) is 1. The van der Waals surface area contributed by atoms with Crippen molar-refractivity contribution in [3.63, 3.8) is 0 Å². The SMILES string of the molecule is CN(CC[C@@H]1CCCCO1)C(=O)c1ccc2c(c1)OCCO2. The van der Waals surface area contributed by atoms with Crippen molar-refractivity contribution < 1.29 is 19.0 Å². The Morgan fingerprint density at radius 1 is 1.18 bits per heavy atom. The van der Waals surface area contributed by atoms with Crippen molar-refractivity contribution in [3.05, 3.63) is 23.8 Å². The Bertz CT molecular complexity index is 525. The van der Waals surface area contributed by atoms with Gasteiger partial charge in [-0.15, -0.1) is 0 Å². The summed E-state index contributed by atoms with van der Waals surface area (Å²) in [6.07, 6.45) is 4.68. The highest BCUT2D eigenvalue weighted by Crippen LogP contribution is 2.31. The van der Waals surface area contributed by atoms with Crippen LogP contribution in [0.1, 0.15) is 36.0 Å². The van der Waals surface area contributed by atoms with Crippen molar-refractivity contribution in [2.45, 2.75) is 31.8 Å². The van der Waals surface area contributed by atoms with E-state index in [1.54, 1.807) is 23.1 Å². The van der Waals surface area contributed by atoms with E-state index < -0.39 is 0 Å². The van der Waals surface area contributed by atoms with Gasteiger partial charge in [0, 0.05) is 25.8 Å². The van der Waals surface area contributed by atoms with E-state index in [1.165, 1.54) is 6.42 Å². The first-order valence-corrected chi connectivity index (χ1v) is 8.01. The van der Waals surface area contributed by atoms with Crippen molar-refractivity contribution in [2.24, 2.45) is 0 Å². The molecule has 1 fully saturated rings. The van der Waals surface area contributed by atoms with Crippen molar-refractivity contribution >= 4 is 5.91 Å². The van der Waals surface area contributed by atoms with Crippen LogP contribution in [0.2, 0.25) is 0 Å². The second-order valence-corrected chi connectivity index (χ2v) is 5.86. The van der Waals surface area contributed by atoms with Crippen LogP contribution in [0, 0.1) is 0 Å². The topological polar surface area (TPSA) is 48.0 Å². The van der Waals surface area contributed by atoms with Crippen molar-refractivity contribution in [1.82, 2.24) is 4.90 Å². The molecule has 1 amide bonds. The lowest BCUT2D eigenvalue weighted by Gasteiger charge is -2.25.